The number of benzene rings is 1. The molecule has 16 heavy (non-hydrogen) atoms. The molecule has 0 spiro atoms. The molecule has 2 N–H and O–H groups in total. The molecular formula is C14H24ClN. The highest BCUT2D eigenvalue weighted by Gasteiger charge is 2.09. The van der Waals surface area contributed by atoms with Crippen LogP contribution in [0, 0.1) is 19.8 Å². The molecule has 0 aliphatic rings. The van der Waals surface area contributed by atoms with E-state index < -0.39 is 0 Å². The molecule has 0 bridgehead atoms. The summed E-state index contributed by atoms with van der Waals surface area (Å²) in [5, 5.41) is 0. The van der Waals surface area contributed by atoms with E-state index in [0.717, 1.165) is 12.3 Å². The topological polar surface area (TPSA) is 26.0 Å². The van der Waals surface area contributed by atoms with Crippen LogP contribution in [0.5, 0.6) is 0 Å². The summed E-state index contributed by atoms with van der Waals surface area (Å²) in [7, 11) is 0. The van der Waals surface area contributed by atoms with Crippen molar-refractivity contribution in [2.45, 2.75) is 46.6 Å². The zero-order valence-electron chi connectivity index (χ0n) is 10.8. The van der Waals surface area contributed by atoms with Gasteiger partial charge in [0.2, 0.25) is 0 Å². The van der Waals surface area contributed by atoms with Gasteiger partial charge in [0.25, 0.3) is 0 Å². The molecular weight excluding hydrogens is 218 g/mol. The van der Waals surface area contributed by atoms with E-state index >= 15 is 0 Å². The van der Waals surface area contributed by atoms with E-state index in [0.29, 0.717) is 0 Å². The summed E-state index contributed by atoms with van der Waals surface area (Å²) in [5.74, 6) is 0.738. The number of aryl methyl sites for hydroxylation is 2. The largest absolute Gasteiger partial charge is 0.324 e. The van der Waals surface area contributed by atoms with Crippen molar-refractivity contribution in [3.05, 3.63) is 34.9 Å². The zero-order chi connectivity index (χ0) is 11.4. The van der Waals surface area contributed by atoms with E-state index in [9.17, 15) is 0 Å². The maximum atomic E-state index is 6.19. The Balaban J connectivity index is 0.00000225. The Labute approximate surface area is 106 Å². The van der Waals surface area contributed by atoms with Crippen molar-refractivity contribution in [2.24, 2.45) is 11.7 Å². The Morgan fingerprint density at radius 2 is 1.75 bits per heavy atom. The summed E-state index contributed by atoms with van der Waals surface area (Å²) in [6.07, 6.45) is 2.29. The molecule has 1 rings (SSSR count). The van der Waals surface area contributed by atoms with Gasteiger partial charge in [-0.1, -0.05) is 37.6 Å². The molecule has 1 aromatic rings. The van der Waals surface area contributed by atoms with Gasteiger partial charge in [-0.2, -0.15) is 0 Å². The molecule has 92 valence electrons. The van der Waals surface area contributed by atoms with E-state index in [1.165, 1.54) is 23.1 Å². The summed E-state index contributed by atoms with van der Waals surface area (Å²) in [4.78, 5) is 0. The third-order valence-corrected chi connectivity index (χ3v) is 2.88. The summed E-state index contributed by atoms with van der Waals surface area (Å²) in [6, 6.07) is 6.74. The second kappa shape index (κ2) is 6.93. The Morgan fingerprint density at radius 1 is 1.12 bits per heavy atom. The maximum absolute atomic E-state index is 6.19. The molecule has 1 aromatic carbocycles. The first kappa shape index (κ1) is 15.5. The average Bonchev–Trinajstić information content (AvgIpc) is 2.14. The first-order valence-electron chi connectivity index (χ1n) is 5.83. The Morgan fingerprint density at radius 3 is 2.25 bits per heavy atom. The second-order valence-corrected chi connectivity index (χ2v) is 4.94. The summed E-state index contributed by atoms with van der Waals surface area (Å²) in [5.41, 5.74) is 10.1. The van der Waals surface area contributed by atoms with Crippen LogP contribution < -0.4 is 5.73 Å². The van der Waals surface area contributed by atoms with Crippen molar-refractivity contribution >= 4 is 12.4 Å². The van der Waals surface area contributed by atoms with E-state index in [1.807, 2.05) is 0 Å². The molecule has 0 fully saturated rings. The van der Waals surface area contributed by atoms with Crippen LogP contribution in [0.25, 0.3) is 0 Å². The van der Waals surface area contributed by atoms with Gasteiger partial charge in [-0.3, -0.25) is 0 Å². The Kier molecular flexibility index (Phi) is 6.70. The molecule has 1 nitrogen and oxygen atoms in total. The highest BCUT2D eigenvalue weighted by atomic mass is 35.5. The zero-order valence-corrected chi connectivity index (χ0v) is 11.6. The van der Waals surface area contributed by atoms with Crippen molar-refractivity contribution in [2.75, 3.05) is 0 Å². The van der Waals surface area contributed by atoms with Gasteiger partial charge in [-0.05, 0) is 43.7 Å². The van der Waals surface area contributed by atoms with Crippen LogP contribution in [0.15, 0.2) is 18.2 Å². The van der Waals surface area contributed by atoms with Gasteiger partial charge in [-0.25, -0.2) is 0 Å². The quantitative estimate of drug-likeness (QED) is 0.842. The van der Waals surface area contributed by atoms with Crippen LogP contribution >= 0.6 is 12.4 Å². The number of halogens is 1. The maximum Gasteiger partial charge on any atom is 0.0297 e. The molecule has 1 atom stereocenters. The molecule has 0 aliphatic heterocycles. The minimum atomic E-state index is 0. The van der Waals surface area contributed by atoms with Crippen molar-refractivity contribution in [3.63, 3.8) is 0 Å². The first-order chi connectivity index (χ1) is 7.00. The highest BCUT2D eigenvalue weighted by Crippen LogP contribution is 2.22. The molecule has 0 heterocycles. The lowest BCUT2D eigenvalue weighted by Crippen LogP contribution is -2.12. The minimum Gasteiger partial charge on any atom is -0.324 e. The van der Waals surface area contributed by atoms with E-state index in [-0.39, 0.29) is 18.4 Å². The highest BCUT2D eigenvalue weighted by molar-refractivity contribution is 5.85. The average molecular weight is 242 g/mol. The number of hydrogen-bond donors (Lipinski definition) is 1. The van der Waals surface area contributed by atoms with Gasteiger partial charge in [0.15, 0.2) is 0 Å². The van der Waals surface area contributed by atoms with Crippen LogP contribution in [0.2, 0.25) is 0 Å². The number of hydrogen-bond acceptors (Lipinski definition) is 1. The summed E-state index contributed by atoms with van der Waals surface area (Å²) < 4.78 is 0. The van der Waals surface area contributed by atoms with Crippen molar-refractivity contribution in [1.29, 1.82) is 0 Å². The minimum absolute atomic E-state index is 0. The fourth-order valence-corrected chi connectivity index (χ4v) is 1.91. The molecule has 0 aromatic heterocycles. The molecule has 2 heteroatoms. The van der Waals surface area contributed by atoms with Crippen molar-refractivity contribution in [1.82, 2.24) is 0 Å². The normalized spacial score (nSPS) is 12.4. The molecule has 0 aliphatic carbocycles. The standard InChI is InChI=1S/C14H23N.ClH/c1-10(2)5-8-14(15)13-7-6-11(3)9-12(13)4;/h6-7,9-10,14H,5,8,15H2,1-4H3;1H/t14-;/m1./s1. The van der Waals surface area contributed by atoms with Crippen molar-refractivity contribution < 1.29 is 0 Å². The van der Waals surface area contributed by atoms with Gasteiger partial charge in [0, 0.05) is 6.04 Å². The SMILES string of the molecule is Cc1ccc([C@H](N)CCC(C)C)c(C)c1.Cl. The van der Waals surface area contributed by atoms with Gasteiger partial charge in [-0.15, -0.1) is 12.4 Å². The van der Waals surface area contributed by atoms with Crippen molar-refractivity contribution in [3.8, 4) is 0 Å². The van der Waals surface area contributed by atoms with Crippen LogP contribution in [0.1, 0.15) is 49.4 Å². The summed E-state index contributed by atoms with van der Waals surface area (Å²) >= 11 is 0. The van der Waals surface area contributed by atoms with Gasteiger partial charge >= 0.3 is 0 Å². The van der Waals surface area contributed by atoms with Crippen LogP contribution in [0.4, 0.5) is 0 Å². The predicted molar refractivity (Wildman–Crippen MR) is 74.2 cm³/mol. The van der Waals surface area contributed by atoms with Gasteiger partial charge in [0.05, 0.1) is 0 Å². The smallest absolute Gasteiger partial charge is 0.0297 e. The molecule has 0 amide bonds. The van der Waals surface area contributed by atoms with E-state index in [2.05, 4.69) is 45.9 Å². The Bertz CT molecular complexity index is 321. The molecule has 0 unspecified atom stereocenters. The molecule has 0 saturated carbocycles. The van der Waals surface area contributed by atoms with Crippen LogP contribution in [0.3, 0.4) is 0 Å². The fraction of sp³-hybridized carbons (Fsp3) is 0.571. The lowest BCUT2D eigenvalue weighted by molar-refractivity contribution is 0.506. The number of rotatable bonds is 4. The second-order valence-electron chi connectivity index (χ2n) is 4.94. The van der Waals surface area contributed by atoms with Gasteiger partial charge in [0.1, 0.15) is 0 Å². The van der Waals surface area contributed by atoms with Gasteiger partial charge < -0.3 is 5.73 Å². The van der Waals surface area contributed by atoms with Crippen LogP contribution in [-0.2, 0) is 0 Å². The molecule has 0 saturated heterocycles. The van der Waals surface area contributed by atoms with E-state index in [1.54, 1.807) is 0 Å². The third kappa shape index (κ3) is 4.54. The monoisotopic (exact) mass is 241 g/mol. The predicted octanol–water partition coefficient (Wildman–Crippen LogP) is 4.16. The third-order valence-electron chi connectivity index (χ3n) is 2.88. The van der Waals surface area contributed by atoms with Crippen LogP contribution in [-0.4, -0.2) is 0 Å². The summed E-state index contributed by atoms with van der Waals surface area (Å²) in [6.45, 7) is 8.76. The first-order valence-corrected chi connectivity index (χ1v) is 5.83. The van der Waals surface area contributed by atoms with E-state index in [4.69, 9.17) is 5.73 Å². The lowest BCUT2D eigenvalue weighted by Gasteiger charge is -2.16. The Hall–Kier alpha value is -0.530. The molecule has 0 radical (unpaired) electrons. The number of nitrogens with two attached hydrogens (primary N) is 1. The lowest BCUT2D eigenvalue weighted by atomic mass is 9.94. The fourth-order valence-electron chi connectivity index (χ4n) is 1.91.